The summed E-state index contributed by atoms with van der Waals surface area (Å²) in [6.07, 6.45) is 3.46. The van der Waals surface area contributed by atoms with Gasteiger partial charge in [0.05, 0.1) is 18.7 Å². The van der Waals surface area contributed by atoms with Gasteiger partial charge in [-0.15, -0.1) is 0 Å². The summed E-state index contributed by atoms with van der Waals surface area (Å²) in [7, 11) is 1.42. The summed E-state index contributed by atoms with van der Waals surface area (Å²) >= 11 is 0. The third-order valence-electron chi connectivity index (χ3n) is 3.67. The van der Waals surface area contributed by atoms with Gasteiger partial charge in [-0.05, 0) is 18.6 Å². The largest absolute Gasteiger partial charge is 0.508 e. The Morgan fingerprint density at radius 1 is 1.50 bits per heavy atom. The van der Waals surface area contributed by atoms with Gasteiger partial charge in [-0.25, -0.2) is 4.98 Å². The monoisotopic (exact) mass is 272 g/mol. The number of aromatic hydroxyl groups is 1. The molecule has 1 N–H and O–H groups in total. The van der Waals surface area contributed by atoms with E-state index in [9.17, 15) is 9.90 Å². The van der Waals surface area contributed by atoms with Crippen molar-refractivity contribution in [2.75, 3.05) is 7.11 Å². The number of aryl methyl sites for hydroxylation is 1. The van der Waals surface area contributed by atoms with Crippen molar-refractivity contribution >= 4 is 5.97 Å². The molecule has 0 saturated heterocycles. The number of hydrogen-bond acceptors (Lipinski definition) is 4. The average Bonchev–Trinajstić information content (AvgIpc) is 2.89. The standard InChI is InChI=1S/C15H16N2O3/c1-20-15(19)11-5-6-14-16-13(9-17(14)8-11)10-3-2-4-12(18)7-10/h2-4,7,9,11,18H,5-6,8H2,1H3. The number of benzene rings is 1. The molecule has 0 bridgehead atoms. The van der Waals surface area contributed by atoms with Crippen molar-refractivity contribution in [3.05, 3.63) is 36.3 Å². The van der Waals surface area contributed by atoms with Crippen molar-refractivity contribution in [3.63, 3.8) is 0 Å². The first-order chi connectivity index (χ1) is 9.67. The minimum atomic E-state index is -0.164. The van der Waals surface area contributed by atoms with E-state index in [1.807, 2.05) is 16.8 Å². The number of phenolic OH excluding ortho intramolecular Hbond substituents is 1. The quantitative estimate of drug-likeness (QED) is 0.849. The van der Waals surface area contributed by atoms with Crippen molar-refractivity contribution < 1.29 is 14.6 Å². The topological polar surface area (TPSA) is 64.3 Å². The van der Waals surface area contributed by atoms with Gasteiger partial charge in [0.2, 0.25) is 0 Å². The molecular weight excluding hydrogens is 256 g/mol. The average molecular weight is 272 g/mol. The number of nitrogens with zero attached hydrogens (tertiary/aromatic N) is 2. The van der Waals surface area contributed by atoms with Crippen LogP contribution < -0.4 is 0 Å². The zero-order chi connectivity index (χ0) is 14.1. The summed E-state index contributed by atoms with van der Waals surface area (Å²) in [6, 6.07) is 7.02. The van der Waals surface area contributed by atoms with Gasteiger partial charge in [-0.2, -0.15) is 0 Å². The molecule has 1 aliphatic heterocycles. The van der Waals surface area contributed by atoms with Crippen LogP contribution in [-0.4, -0.2) is 27.7 Å². The highest BCUT2D eigenvalue weighted by atomic mass is 16.5. The molecule has 0 amide bonds. The molecule has 1 atom stereocenters. The van der Waals surface area contributed by atoms with Gasteiger partial charge in [0.15, 0.2) is 0 Å². The lowest BCUT2D eigenvalue weighted by atomic mass is 10.00. The van der Waals surface area contributed by atoms with E-state index in [1.54, 1.807) is 18.2 Å². The minimum Gasteiger partial charge on any atom is -0.508 e. The van der Waals surface area contributed by atoms with Crippen molar-refractivity contribution in [1.82, 2.24) is 9.55 Å². The fourth-order valence-corrected chi connectivity index (χ4v) is 2.61. The Labute approximate surface area is 116 Å². The van der Waals surface area contributed by atoms with Crippen LogP contribution in [0.1, 0.15) is 12.2 Å². The van der Waals surface area contributed by atoms with E-state index in [0.29, 0.717) is 6.54 Å². The van der Waals surface area contributed by atoms with Gasteiger partial charge in [0.1, 0.15) is 11.6 Å². The summed E-state index contributed by atoms with van der Waals surface area (Å²) in [6.45, 7) is 0.605. The molecule has 2 aromatic rings. The number of esters is 1. The number of aromatic nitrogens is 2. The van der Waals surface area contributed by atoms with E-state index in [2.05, 4.69) is 4.98 Å². The van der Waals surface area contributed by atoms with Crippen LogP contribution in [-0.2, 0) is 22.5 Å². The Morgan fingerprint density at radius 2 is 2.35 bits per heavy atom. The predicted molar refractivity (Wildman–Crippen MR) is 73.2 cm³/mol. The van der Waals surface area contributed by atoms with E-state index >= 15 is 0 Å². The Hall–Kier alpha value is -2.30. The van der Waals surface area contributed by atoms with E-state index in [1.165, 1.54) is 7.11 Å². The number of hydrogen-bond donors (Lipinski definition) is 1. The van der Waals surface area contributed by atoms with Crippen LogP contribution in [0.25, 0.3) is 11.3 Å². The van der Waals surface area contributed by atoms with Gasteiger partial charge in [-0.3, -0.25) is 4.79 Å². The van der Waals surface area contributed by atoms with Crippen LogP contribution in [0.2, 0.25) is 0 Å². The van der Waals surface area contributed by atoms with Crippen LogP contribution in [0.4, 0.5) is 0 Å². The summed E-state index contributed by atoms with van der Waals surface area (Å²) in [5, 5.41) is 9.53. The second kappa shape index (κ2) is 5.00. The maximum absolute atomic E-state index is 11.6. The summed E-state index contributed by atoms with van der Waals surface area (Å²) < 4.78 is 6.81. The smallest absolute Gasteiger partial charge is 0.310 e. The fraction of sp³-hybridized carbons (Fsp3) is 0.333. The molecule has 2 heterocycles. The van der Waals surface area contributed by atoms with Crippen LogP contribution in [0.3, 0.4) is 0 Å². The maximum atomic E-state index is 11.6. The molecule has 0 spiro atoms. The first-order valence-electron chi connectivity index (χ1n) is 6.60. The molecular formula is C15H16N2O3. The minimum absolute atomic E-state index is 0.0984. The Bertz CT molecular complexity index is 648. The first kappa shape index (κ1) is 12.7. The third kappa shape index (κ3) is 2.27. The molecule has 1 aromatic carbocycles. The molecule has 1 aromatic heterocycles. The van der Waals surface area contributed by atoms with E-state index in [4.69, 9.17) is 4.74 Å². The van der Waals surface area contributed by atoms with Gasteiger partial charge in [0.25, 0.3) is 0 Å². The number of rotatable bonds is 2. The van der Waals surface area contributed by atoms with Gasteiger partial charge >= 0.3 is 5.97 Å². The lowest BCUT2D eigenvalue weighted by molar-refractivity contribution is -0.146. The maximum Gasteiger partial charge on any atom is 0.310 e. The molecule has 1 aliphatic rings. The molecule has 1 unspecified atom stereocenters. The van der Waals surface area contributed by atoms with Gasteiger partial charge in [-0.1, -0.05) is 12.1 Å². The molecule has 0 aliphatic carbocycles. The number of carbonyl (C=O) groups excluding carboxylic acids is 1. The second-order valence-electron chi connectivity index (χ2n) is 5.00. The second-order valence-corrected chi connectivity index (χ2v) is 5.00. The van der Waals surface area contributed by atoms with Crippen molar-refractivity contribution in [2.45, 2.75) is 19.4 Å². The summed E-state index contributed by atoms with van der Waals surface area (Å²) in [5.74, 6) is 0.936. The number of phenols is 1. The van der Waals surface area contributed by atoms with E-state index < -0.39 is 0 Å². The highest BCUT2D eigenvalue weighted by Crippen LogP contribution is 2.27. The predicted octanol–water partition coefficient (Wildman–Crippen LogP) is 1.99. The Morgan fingerprint density at radius 3 is 3.10 bits per heavy atom. The van der Waals surface area contributed by atoms with Crippen molar-refractivity contribution in [3.8, 4) is 17.0 Å². The molecule has 3 rings (SSSR count). The number of carbonyl (C=O) groups is 1. The van der Waals surface area contributed by atoms with E-state index in [-0.39, 0.29) is 17.6 Å². The Kier molecular flexibility index (Phi) is 3.18. The molecule has 5 nitrogen and oxygen atoms in total. The SMILES string of the molecule is COC(=O)C1CCc2nc(-c3cccc(O)c3)cn2C1. The van der Waals surface area contributed by atoms with Crippen LogP contribution in [0.5, 0.6) is 5.75 Å². The number of ether oxygens (including phenoxy) is 1. The zero-order valence-electron chi connectivity index (χ0n) is 11.2. The number of fused-ring (bicyclic) bond motifs is 1. The van der Waals surface area contributed by atoms with Crippen LogP contribution in [0, 0.1) is 5.92 Å². The van der Waals surface area contributed by atoms with Crippen molar-refractivity contribution in [2.24, 2.45) is 5.92 Å². The van der Waals surface area contributed by atoms with Gasteiger partial charge in [0, 0.05) is 24.7 Å². The van der Waals surface area contributed by atoms with Crippen molar-refractivity contribution in [1.29, 1.82) is 0 Å². The number of imidazole rings is 1. The fourth-order valence-electron chi connectivity index (χ4n) is 2.61. The normalized spacial score (nSPS) is 17.6. The molecule has 0 radical (unpaired) electrons. The molecule has 0 fully saturated rings. The molecule has 0 saturated carbocycles. The lowest BCUT2D eigenvalue weighted by Gasteiger charge is -2.21. The summed E-state index contributed by atoms with van der Waals surface area (Å²) in [5.41, 5.74) is 1.70. The Balaban J connectivity index is 1.89. The number of methoxy groups -OCH3 is 1. The van der Waals surface area contributed by atoms with Crippen LogP contribution in [0.15, 0.2) is 30.5 Å². The molecule has 104 valence electrons. The van der Waals surface area contributed by atoms with Crippen LogP contribution >= 0.6 is 0 Å². The third-order valence-corrected chi connectivity index (χ3v) is 3.67. The van der Waals surface area contributed by atoms with Gasteiger partial charge < -0.3 is 14.4 Å². The lowest BCUT2D eigenvalue weighted by Crippen LogP contribution is -2.27. The molecule has 5 heteroatoms. The summed E-state index contributed by atoms with van der Waals surface area (Å²) in [4.78, 5) is 16.2. The first-order valence-corrected chi connectivity index (χ1v) is 6.60. The molecule has 20 heavy (non-hydrogen) atoms. The highest BCUT2D eigenvalue weighted by molar-refractivity contribution is 5.72. The van der Waals surface area contributed by atoms with E-state index in [0.717, 1.165) is 29.9 Å². The zero-order valence-corrected chi connectivity index (χ0v) is 11.2. The highest BCUT2D eigenvalue weighted by Gasteiger charge is 2.26.